The zero-order valence-corrected chi connectivity index (χ0v) is 14.0. The number of Topliss-reactive ketones (excluding diaryl/α,β-unsaturated/α-hetero) is 1. The van der Waals surface area contributed by atoms with Crippen LogP contribution in [0.1, 0.15) is 21.5 Å². The second kappa shape index (κ2) is 7.57. The second-order valence-corrected chi connectivity index (χ2v) is 5.82. The van der Waals surface area contributed by atoms with Crippen molar-refractivity contribution in [3.8, 4) is 5.69 Å². The third-order valence-corrected chi connectivity index (χ3v) is 3.92. The van der Waals surface area contributed by atoms with Gasteiger partial charge in [0, 0.05) is 24.5 Å². The molecule has 0 aliphatic carbocycles. The standard InChI is InChI=1S/C20H19N3O2/c1-15-3-7-17(8-4-15)19(24)20(25)21-13-11-16-5-9-18(10-6-16)23-14-2-12-22-23/h2-10,12,14H,11,13H2,1H3,(H,21,25). The van der Waals surface area contributed by atoms with Gasteiger partial charge in [-0.05, 0) is 37.1 Å². The fraction of sp³-hybridized carbons (Fsp3) is 0.150. The first-order valence-corrected chi connectivity index (χ1v) is 8.11. The summed E-state index contributed by atoms with van der Waals surface area (Å²) in [6, 6.07) is 16.8. The number of hydrogen-bond acceptors (Lipinski definition) is 3. The van der Waals surface area contributed by atoms with Gasteiger partial charge in [-0.25, -0.2) is 4.68 Å². The van der Waals surface area contributed by atoms with Gasteiger partial charge in [-0.3, -0.25) is 9.59 Å². The van der Waals surface area contributed by atoms with E-state index in [1.54, 1.807) is 23.0 Å². The number of nitrogens with zero attached hydrogens (tertiary/aromatic N) is 2. The minimum atomic E-state index is -0.572. The van der Waals surface area contributed by atoms with Crippen LogP contribution in [0.3, 0.4) is 0 Å². The van der Waals surface area contributed by atoms with Crippen LogP contribution in [0.5, 0.6) is 0 Å². The summed E-state index contributed by atoms with van der Waals surface area (Å²) in [5.41, 5.74) is 3.52. The molecule has 1 amide bonds. The molecule has 126 valence electrons. The van der Waals surface area contributed by atoms with E-state index < -0.39 is 11.7 Å². The first kappa shape index (κ1) is 16.6. The number of rotatable bonds is 6. The number of ketones is 1. The maximum atomic E-state index is 12.1. The van der Waals surface area contributed by atoms with Crippen molar-refractivity contribution >= 4 is 11.7 Å². The third-order valence-electron chi connectivity index (χ3n) is 3.92. The van der Waals surface area contributed by atoms with Gasteiger partial charge in [0.15, 0.2) is 0 Å². The highest BCUT2D eigenvalue weighted by atomic mass is 16.2. The Kier molecular flexibility index (Phi) is 5.04. The van der Waals surface area contributed by atoms with Gasteiger partial charge in [-0.15, -0.1) is 0 Å². The predicted molar refractivity (Wildman–Crippen MR) is 95.8 cm³/mol. The summed E-state index contributed by atoms with van der Waals surface area (Å²) in [5, 5.41) is 6.86. The van der Waals surface area contributed by atoms with Gasteiger partial charge in [0.1, 0.15) is 0 Å². The highest BCUT2D eigenvalue weighted by Gasteiger charge is 2.15. The normalized spacial score (nSPS) is 10.4. The number of carbonyl (C=O) groups is 2. The Bertz CT molecular complexity index is 851. The molecular weight excluding hydrogens is 314 g/mol. The third kappa shape index (κ3) is 4.20. The van der Waals surface area contributed by atoms with Crippen LogP contribution in [0.25, 0.3) is 5.69 Å². The van der Waals surface area contributed by atoms with E-state index in [0.29, 0.717) is 18.5 Å². The summed E-state index contributed by atoms with van der Waals surface area (Å²) < 4.78 is 1.78. The molecule has 0 saturated carbocycles. The Labute approximate surface area is 146 Å². The van der Waals surface area contributed by atoms with Crippen molar-refractivity contribution in [2.45, 2.75) is 13.3 Å². The number of nitrogens with one attached hydrogen (secondary N) is 1. The molecule has 0 aliphatic heterocycles. The number of aromatic nitrogens is 2. The van der Waals surface area contributed by atoms with Crippen molar-refractivity contribution in [3.05, 3.63) is 83.7 Å². The van der Waals surface area contributed by atoms with E-state index >= 15 is 0 Å². The van der Waals surface area contributed by atoms with E-state index in [-0.39, 0.29) is 0 Å². The largest absolute Gasteiger partial charge is 0.349 e. The number of amides is 1. The number of aryl methyl sites for hydroxylation is 1. The molecule has 0 spiro atoms. The minimum absolute atomic E-state index is 0.409. The van der Waals surface area contributed by atoms with Crippen molar-refractivity contribution in [1.29, 1.82) is 0 Å². The Hall–Kier alpha value is -3.21. The van der Waals surface area contributed by atoms with E-state index in [1.807, 2.05) is 55.6 Å². The summed E-state index contributed by atoms with van der Waals surface area (Å²) >= 11 is 0. The lowest BCUT2D eigenvalue weighted by Crippen LogP contribution is -2.32. The molecule has 5 nitrogen and oxygen atoms in total. The minimum Gasteiger partial charge on any atom is -0.349 e. The number of carbonyl (C=O) groups excluding carboxylic acids is 2. The van der Waals surface area contributed by atoms with Gasteiger partial charge in [0.2, 0.25) is 5.78 Å². The summed E-state index contributed by atoms with van der Waals surface area (Å²) in [7, 11) is 0. The molecule has 3 rings (SSSR count). The van der Waals surface area contributed by atoms with E-state index in [9.17, 15) is 9.59 Å². The summed E-state index contributed by atoms with van der Waals surface area (Å²) in [4.78, 5) is 24.0. The van der Waals surface area contributed by atoms with Crippen LogP contribution >= 0.6 is 0 Å². The molecule has 0 saturated heterocycles. The molecule has 0 bridgehead atoms. The predicted octanol–water partition coefficient (Wildman–Crippen LogP) is 2.72. The Balaban J connectivity index is 1.51. The fourth-order valence-electron chi connectivity index (χ4n) is 2.47. The molecule has 3 aromatic rings. The van der Waals surface area contributed by atoms with E-state index in [0.717, 1.165) is 16.8 Å². The first-order valence-electron chi connectivity index (χ1n) is 8.11. The van der Waals surface area contributed by atoms with Gasteiger partial charge in [-0.2, -0.15) is 5.10 Å². The molecule has 1 heterocycles. The van der Waals surface area contributed by atoms with Gasteiger partial charge >= 0.3 is 0 Å². The van der Waals surface area contributed by atoms with Crippen molar-refractivity contribution in [2.75, 3.05) is 6.54 Å². The molecule has 1 N–H and O–H groups in total. The lowest BCUT2D eigenvalue weighted by Gasteiger charge is -2.06. The molecule has 1 aromatic heterocycles. The Morgan fingerprint density at radius 3 is 2.40 bits per heavy atom. The second-order valence-electron chi connectivity index (χ2n) is 5.82. The molecule has 0 unspecified atom stereocenters. The van der Waals surface area contributed by atoms with Crippen molar-refractivity contribution in [2.24, 2.45) is 0 Å². The Morgan fingerprint density at radius 2 is 1.76 bits per heavy atom. The van der Waals surface area contributed by atoms with Crippen LogP contribution in [0.2, 0.25) is 0 Å². The number of hydrogen-bond donors (Lipinski definition) is 1. The lowest BCUT2D eigenvalue weighted by atomic mass is 10.1. The molecule has 0 fully saturated rings. The molecule has 5 heteroatoms. The lowest BCUT2D eigenvalue weighted by molar-refractivity contribution is -0.116. The highest BCUT2D eigenvalue weighted by molar-refractivity contribution is 6.42. The molecular formula is C20H19N3O2. The quantitative estimate of drug-likeness (QED) is 0.557. The van der Waals surface area contributed by atoms with E-state index in [1.165, 1.54) is 0 Å². The Morgan fingerprint density at radius 1 is 1.04 bits per heavy atom. The van der Waals surface area contributed by atoms with Crippen LogP contribution in [0.4, 0.5) is 0 Å². The topological polar surface area (TPSA) is 64.0 Å². The van der Waals surface area contributed by atoms with Crippen LogP contribution in [0, 0.1) is 6.92 Å². The van der Waals surface area contributed by atoms with Crippen LogP contribution in [-0.4, -0.2) is 28.0 Å². The first-order chi connectivity index (χ1) is 12.1. The highest BCUT2D eigenvalue weighted by Crippen LogP contribution is 2.09. The van der Waals surface area contributed by atoms with E-state index in [4.69, 9.17) is 0 Å². The maximum absolute atomic E-state index is 12.1. The average molecular weight is 333 g/mol. The van der Waals surface area contributed by atoms with Crippen LogP contribution in [-0.2, 0) is 11.2 Å². The van der Waals surface area contributed by atoms with Crippen molar-refractivity contribution in [1.82, 2.24) is 15.1 Å². The van der Waals surface area contributed by atoms with Gasteiger partial charge in [0.05, 0.1) is 5.69 Å². The molecule has 2 aromatic carbocycles. The summed E-state index contributed by atoms with van der Waals surface area (Å²) in [6.07, 6.45) is 4.27. The molecule has 0 aliphatic rings. The van der Waals surface area contributed by atoms with Gasteiger partial charge in [0.25, 0.3) is 5.91 Å². The smallest absolute Gasteiger partial charge is 0.292 e. The zero-order valence-electron chi connectivity index (χ0n) is 14.0. The van der Waals surface area contributed by atoms with Crippen LogP contribution in [0.15, 0.2) is 67.0 Å². The fourth-order valence-corrected chi connectivity index (χ4v) is 2.47. The van der Waals surface area contributed by atoms with Gasteiger partial charge < -0.3 is 5.32 Å². The monoisotopic (exact) mass is 333 g/mol. The molecule has 0 atom stereocenters. The van der Waals surface area contributed by atoms with Crippen LogP contribution < -0.4 is 5.32 Å². The molecule has 25 heavy (non-hydrogen) atoms. The SMILES string of the molecule is Cc1ccc(C(=O)C(=O)NCCc2ccc(-n3cccn3)cc2)cc1. The van der Waals surface area contributed by atoms with E-state index in [2.05, 4.69) is 10.4 Å². The molecule has 0 radical (unpaired) electrons. The van der Waals surface area contributed by atoms with Gasteiger partial charge in [-0.1, -0.05) is 42.0 Å². The summed E-state index contributed by atoms with van der Waals surface area (Å²) in [6.45, 7) is 2.35. The number of benzene rings is 2. The van der Waals surface area contributed by atoms with Crippen molar-refractivity contribution in [3.63, 3.8) is 0 Å². The average Bonchev–Trinajstić information content (AvgIpc) is 3.17. The van der Waals surface area contributed by atoms with Crippen molar-refractivity contribution < 1.29 is 9.59 Å². The summed E-state index contributed by atoms with van der Waals surface area (Å²) in [5.74, 6) is -1.08. The zero-order chi connectivity index (χ0) is 17.6. The maximum Gasteiger partial charge on any atom is 0.292 e.